The maximum absolute atomic E-state index is 12.4. The van der Waals surface area contributed by atoms with Gasteiger partial charge in [0.2, 0.25) is 5.91 Å². The van der Waals surface area contributed by atoms with E-state index in [9.17, 15) is 4.79 Å². The molecule has 3 aromatic rings. The van der Waals surface area contributed by atoms with Gasteiger partial charge in [0.1, 0.15) is 5.01 Å². The van der Waals surface area contributed by atoms with Gasteiger partial charge in [0.25, 0.3) is 0 Å². The fourth-order valence-electron chi connectivity index (χ4n) is 2.27. The molecule has 3 aromatic heterocycles. The van der Waals surface area contributed by atoms with Crippen molar-refractivity contribution in [3.8, 4) is 0 Å². The van der Waals surface area contributed by atoms with Gasteiger partial charge in [-0.3, -0.25) is 9.78 Å². The normalized spacial score (nSPS) is 12.0. The number of hydrogen-bond acceptors (Lipinski definition) is 5. The lowest BCUT2D eigenvalue weighted by atomic mass is 10.1. The zero-order valence-corrected chi connectivity index (χ0v) is 14.4. The molecule has 0 aliphatic rings. The van der Waals surface area contributed by atoms with E-state index in [1.807, 2.05) is 36.6 Å². The zero-order valence-electron chi connectivity index (χ0n) is 12.7. The van der Waals surface area contributed by atoms with E-state index in [0.29, 0.717) is 0 Å². The first kappa shape index (κ1) is 15.8. The van der Waals surface area contributed by atoms with Gasteiger partial charge in [-0.25, -0.2) is 4.98 Å². The number of thiophene rings is 1. The molecular formula is C17H17N3OS2. The molecule has 3 heterocycles. The highest BCUT2D eigenvalue weighted by molar-refractivity contribution is 7.10. The standard InChI is InChI=1S/C17H17N3OS2/c1-12-11-23-17(19-12)15(10-14-6-4-8-22-14)20-16(21)9-13-5-2-3-7-18-13/h2-8,11,15H,9-10H2,1H3,(H,20,21). The molecule has 1 amide bonds. The minimum Gasteiger partial charge on any atom is -0.346 e. The second-order valence-corrected chi connectivity index (χ2v) is 7.15. The average Bonchev–Trinajstić information content (AvgIpc) is 3.19. The minimum absolute atomic E-state index is 0.0295. The second-order valence-electron chi connectivity index (χ2n) is 5.23. The Morgan fingerprint density at radius 1 is 1.26 bits per heavy atom. The van der Waals surface area contributed by atoms with Crippen molar-refractivity contribution in [2.24, 2.45) is 0 Å². The largest absolute Gasteiger partial charge is 0.346 e. The Bertz CT molecular complexity index is 753. The van der Waals surface area contributed by atoms with E-state index < -0.39 is 0 Å². The van der Waals surface area contributed by atoms with Crippen LogP contribution in [0.15, 0.2) is 47.3 Å². The van der Waals surface area contributed by atoms with Gasteiger partial charge in [-0.05, 0) is 30.5 Å². The van der Waals surface area contributed by atoms with E-state index in [1.54, 1.807) is 28.9 Å². The predicted octanol–water partition coefficient (Wildman–Crippen LogP) is 3.55. The lowest BCUT2D eigenvalue weighted by Gasteiger charge is -2.16. The van der Waals surface area contributed by atoms with Gasteiger partial charge in [0, 0.05) is 34.3 Å². The third-order valence-electron chi connectivity index (χ3n) is 3.32. The SMILES string of the molecule is Cc1csc(C(Cc2cccs2)NC(=O)Cc2ccccn2)n1. The molecule has 3 rings (SSSR count). The van der Waals surface area contributed by atoms with Crippen LogP contribution in [0.3, 0.4) is 0 Å². The Hall–Kier alpha value is -2.05. The summed E-state index contributed by atoms with van der Waals surface area (Å²) < 4.78 is 0. The summed E-state index contributed by atoms with van der Waals surface area (Å²) in [4.78, 5) is 22.3. The van der Waals surface area contributed by atoms with Crippen LogP contribution < -0.4 is 5.32 Å². The Balaban J connectivity index is 1.71. The van der Waals surface area contributed by atoms with Crippen molar-refractivity contribution >= 4 is 28.6 Å². The molecule has 1 N–H and O–H groups in total. The lowest BCUT2D eigenvalue weighted by Crippen LogP contribution is -2.31. The molecule has 0 bridgehead atoms. The first-order valence-corrected chi connectivity index (χ1v) is 9.10. The topological polar surface area (TPSA) is 54.9 Å². The van der Waals surface area contributed by atoms with Gasteiger partial charge >= 0.3 is 0 Å². The van der Waals surface area contributed by atoms with Crippen LogP contribution in [0.1, 0.15) is 27.3 Å². The van der Waals surface area contributed by atoms with Gasteiger partial charge in [0.15, 0.2) is 0 Å². The smallest absolute Gasteiger partial charge is 0.226 e. The van der Waals surface area contributed by atoms with Crippen LogP contribution in [-0.4, -0.2) is 15.9 Å². The van der Waals surface area contributed by atoms with Crippen LogP contribution in [0, 0.1) is 6.92 Å². The van der Waals surface area contributed by atoms with Crippen LogP contribution in [-0.2, 0) is 17.6 Å². The molecule has 0 radical (unpaired) electrons. The summed E-state index contributed by atoms with van der Waals surface area (Å²) >= 11 is 3.29. The van der Waals surface area contributed by atoms with Crippen LogP contribution in [0.2, 0.25) is 0 Å². The monoisotopic (exact) mass is 343 g/mol. The fraction of sp³-hybridized carbons (Fsp3) is 0.235. The Morgan fingerprint density at radius 3 is 2.83 bits per heavy atom. The van der Waals surface area contributed by atoms with Gasteiger partial charge in [-0.15, -0.1) is 22.7 Å². The van der Waals surface area contributed by atoms with E-state index in [-0.39, 0.29) is 18.4 Å². The van der Waals surface area contributed by atoms with Crippen molar-refractivity contribution in [2.45, 2.75) is 25.8 Å². The number of carbonyl (C=O) groups excluding carboxylic acids is 1. The summed E-state index contributed by atoms with van der Waals surface area (Å²) in [6.45, 7) is 1.97. The number of carbonyl (C=O) groups is 1. The molecule has 0 saturated heterocycles. The number of rotatable bonds is 6. The van der Waals surface area contributed by atoms with Crippen LogP contribution in [0.5, 0.6) is 0 Å². The van der Waals surface area contributed by atoms with Crippen LogP contribution in [0.25, 0.3) is 0 Å². The summed E-state index contributed by atoms with van der Waals surface area (Å²) in [5, 5.41) is 8.12. The summed E-state index contributed by atoms with van der Waals surface area (Å²) in [5.74, 6) is -0.0295. The molecule has 1 atom stereocenters. The average molecular weight is 343 g/mol. The molecule has 0 spiro atoms. The van der Waals surface area contributed by atoms with Crippen molar-refractivity contribution in [3.63, 3.8) is 0 Å². The quantitative estimate of drug-likeness (QED) is 0.745. The lowest BCUT2D eigenvalue weighted by molar-refractivity contribution is -0.121. The molecule has 0 saturated carbocycles. The van der Waals surface area contributed by atoms with Crippen molar-refractivity contribution in [1.29, 1.82) is 0 Å². The molecule has 0 aliphatic carbocycles. The first-order valence-electron chi connectivity index (χ1n) is 7.34. The highest BCUT2D eigenvalue weighted by Gasteiger charge is 2.19. The van der Waals surface area contributed by atoms with Gasteiger partial charge in [-0.2, -0.15) is 0 Å². The van der Waals surface area contributed by atoms with Gasteiger partial charge < -0.3 is 5.32 Å². The maximum atomic E-state index is 12.4. The van der Waals surface area contributed by atoms with Crippen LogP contribution >= 0.6 is 22.7 Å². The maximum Gasteiger partial charge on any atom is 0.226 e. The second kappa shape index (κ2) is 7.48. The van der Waals surface area contributed by atoms with Crippen molar-refractivity contribution in [2.75, 3.05) is 0 Å². The number of aromatic nitrogens is 2. The third-order valence-corrected chi connectivity index (χ3v) is 5.30. The molecule has 0 aliphatic heterocycles. The van der Waals surface area contributed by atoms with Gasteiger partial charge in [-0.1, -0.05) is 12.1 Å². The van der Waals surface area contributed by atoms with Crippen molar-refractivity contribution in [1.82, 2.24) is 15.3 Å². The molecule has 0 aromatic carbocycles. The number of nitrogens with one attached hydrogen (secondary N) is 1. The number of aryl methyl sites for hydroxylation is 1. The number of hydrogen-bond donors (Lipinski definition) is 1. The number of nitrogens with zero attached hydrogens (tertiary/aromatic N) is 2. The van der Waals surface area contributed by atoms with E-state index in [1.165, 1.54) is 4.88 Å². The van der Waals surface area contributed by atoms with E-state index in [2.05, 4.69) is 26.7 Å². The third kappa shape index (κ3) is 4.46. The van der Waals surface area contributed by atoms with Crippen molar-refractivity contribution < 1.29 is 4.79 Å². The zero-order chi connectivity index (χ0) is 16.1. The molecule has 1 unspecified atom stereocenters. The first-order chi connectivity index (χ1) is 11.2. The predicted molar refractivity (Wildman–Crippen MR) is 93.7 cm³/mol. The molecular weight excluding hydrogens is 326 g/mol. The highest BCUT2D eigenvalue weighted by atomic mass is 32.1. The number of amides is 1. The van der Waals surface area contributed by atoms with Crippen molar-refractivity contribution in [3.05, 3.63) is 68.6 Å². The van der Waals surface area contributed by atoms with Gasteiger partial charge in [0.05, 0.1) is 12.5 Å². The summed E-state index contributed by atoms with van der Waals surface area (Å²) in [6, 6.07) is 9.62. The summed E-state index contributed by atoms with van der Waals surface area (Å²) in [6.07, 6.45) is 2.75. The molecule has 118 valence electrons. The minimum atomic E-state index is -0.0939. The van der Waals surface area contributed by atoms with E-state index in [4.69, 9.17) is 0 Å². The fourth-order valence-corrected chi connectivity index (χ4v) is 3.87. The molecule has 23 heavy (non-hydrogen) atoms. The highest BCUT2D eigenvalue weighted by Crippen LogP contribution is 2.24. The summed E-state index contributed by atoms with van der Waals surface area (Å²) in [5.41, 5.74) is 1.76. The molecule has 6 heteroatoms. The Morgan fingerprint density at radius 2 is 2.17 bits per heavy atom. The van der Waals surface area contributed by atoms with E-state index >= 15 is 0 Å². The Kier molecular flexibility index (Phi) is 5.15. The van der Waals surface area contributed by atoms with E-state index in [0.717, 1.165) is 22.8 Å². The van der Waals surface area contributed by atoms with Crippen LogP contribution in [0.4, 0.5) is 0 Å². The molecule has 0 fully saturated rings. The number of thiazole rings is 1. The molecule has 4 nitrogen and oxygen atoms in total. The number of pyridine rings is 1. The summed E-state index contributed by atoms with van der Waals surface area (Å²) in [7, 11) is 0. The Labute approximate surface area is 143 Å².